The van der Waals surface area contributed by atoms with Gasteiger partial charge in [0.1, 0.15) is 0 Å². The molecule has 0 saturated heterocycles. The van der Waals surface area contributed by atoms with Crippen molar-refractivity contribution in [3.8, 4) is 0 Å². The number of hydrogen-bond acceptors (Lipinski definition) is 1. The topological polar surface area (TPSA) is 9.23 Å². The summed E-state index contributed by atoms with van der Waals surface area (Å²) in [5.41, 5.74) is 1.58. The minimum absolute atomic E-state index is 0.429. The van der Waals surface area contributed by atoms with Crippen LogP contribution in [0.2, 0.25) is 5.02 Å². The SMILES string of the molecule is Clc1cccc(COCC2(CBr)CC2)c1. The monoisotopic (exact) mass is 288 g/mol. The molecule has 1 aromatic carbocycles. The van der Waals surface area contributed by atoms with Crippen molar-refractivity contribution in [3.05, 3.63) is 34.9 Å². The molecule has 0 unspecified atom stereocenters. The molecular formula is C12H14BrClO. The van der Waals surface area contributed by atoms with Gasteiger partial charge in [-0.1, -0.05) is 39.7 Å². The summed E-state index contributed by atoms with van der Waals surface area (Å²) in [6.45, 7) is 1.51. The Balaban J connectivity index is 1.78. The lowest BCUT2D eigenvalue weighted by Gasteiger charge is -2.11. The predicted octanol–water partition coefficient (Wildman–Crippen LogP) is 4.03. The first-order valence-electron chi connectivity index (χ1n) is 5.12. The molecule has 1 saturated carbocycles. The summed E-state index contributed by atoms with van der Waals surface area (Å²) in [4.78, 5) is 0. The molecule has 0 spiro atoms. The van der Waals surface area contributed by atoms with E-state index in [1.807, 2.05) is 24.3 Å². The van der Waals surface area contributed by atoms with Crippen LogP contribution in [-0.2, 0) is 11.3 Å². The van der Waals surface area contributed by atoms with Gasteiger partial charge in [0, 0.05) is 15.8 Å². The van der Waals surface area contributed by atoms with Crippen molar-refractivity contribution < 1.29 is 4.74 Å². The van der Waals surface area contributed by atoms with Gasteiger partial charge in [0.25, 0.3) is 0 Å². The molecule has 82 valence electrons. The van der Waals surface area contributed by atoms with Crippen LogP contribution in [0.4, 0.5) is 0 Å². The Labute approximate surface area is 104 Å². The van der Waals surface area contributed by atoms with E-state index < -0.39 is 0 Å². The minimum atomic E-state index is 0.429. The fourth-order valence-corrected chi connectivity index (χ4v) is 2.44. The van der Waals surface area contributed by atoms with Crippen molar-refractivity contribution in [1.82, 2.24) is 0 Å². The zero-order valence-electron chi connectivity index (χ0n) is 8.51. The molecule has 1 nitrogen and oxygen atoms in total. The van der Waals surface area contributed by atoms with Gasteiger partial charge >= 0.3 is 0 Å². The molecule has 2 rings (SSSR count). The zero-order valence-corrected chi connectivity index (χ0v) is 10.9. The normalized spacial score (nSPS) is 17.7. The molecule has 15 heavy (non-hydrogen) atoms. The van der Waals surface area contributed by atoms with E-state index in [-0.39, 0.29) is 0 Å². The lowest BCUT2D eigenvalue weighted by atomic mass is 10.2. The molecule has 0 atom stereocenters. The highest BCUT2D eigenvalue weighted by Crippen LogP contribution is 2.47. The van der Waals surface area contributed by atoms with Gasteiger partial charge < -0.3 is 4.74 Å². The summed E-state index contributed by atoms with van der Waals surface area (Å²) in [6.07, 6.45) is 2.57. The average Bonchev–Trinajstić information content (AvgIpc) is 2.99. The predicted molar refractivity (Wildman–Crippen MR) is 66.6 cm³/mol. The second-order valence-electron chi connectivity index (χ2n) is 4.26. The largest absolute Gasteiger partial charge is 0.376 e. The molecule has 0 aromatic heterocycles. The Morgan fingerprint density at radius 1 is 1.40 bits per heavy atom. The summed E-state index contributed by atoms with van der Waals surface area (Å²) >= 11 is 9.42. The lowest BCUT2D eigenvalue weighted by molar-refractivity contribution is 0.0860. The molecule has 0 bridgehead atoms. The average molecular weight is 290 g/mol. The Bertz CT molecular complexity index is 336. The Morgan fingerprint density at radius 3 is 2.80 bits per heavy atom. The zero-order chi connectivity index (χ0) is 10.7. The van der Waals surface area contributed by atoms with Gasteiger partial charge in [0.05, 0.1) is 13.2 Å². The first kappa shape index (κ1) is 11.4. The molecular weight excluding hydrogens is 275 g/mol. The standard InChI is InChI=1S/C12H14BrClO/c13-8-12(4-5-12)9-15-7-10-2-1-3-11(14)6-10/h1-3,6H,4-5,7-9H2. The number of ether oxygens (including phenoxy) is 1. The van der Waals surface area contributed by atoms with E-state index in [2.05, 4.69) is 15.9 Å². The molecule has 1 aromatic rings. The molecule has 0 aliphatic heterocycles. The maximum absolute atomic E-state index is 5.89. The maximum atomic E-state index is 5.89. The van der Waals surface area contributed by atoms with Crippen LogP contribution >= 0.6 is 27.5 Å². The smallest absolute Gasteiger partial charge is 0.0717 e. The van der Waals surface area contributed by atoms with Crippen LogP contribution in [-0.4, -0.2) is 11.9 Å². The van der Waals surface area contributed by atoms with E-state index in [1.165, 1.54) is 12.8 Å². The first-order chi connectivity index (χ1) is 7.24. The molecule has 0 amide bonds. The number of hydrogen-bond donors (Lipinski definition) is 0. The van der Waals surface area contributed by atoms with E-state index in [4.69, 9.17) is 16.3 Å². The number of alkyl halides is 1. The number of halogens is 2. The molecule has 1 fully saturated rings. The highest BCUT2D eigenvalue weighted by Gasteiger charge is 2.41. The van der Waals surface area contributed by atoms with Gasteiger partial charge in [0.2, 0.25) is 0 Å². The first-order valence-corrected chi connectivity index (χ1v) is 6.62. The van der Waals surface area contributed by atoms with E-state index in [9.17, 15) is 0 Å². The van der Waals surface area contributed by atoms with Crippen molar-refractivity contribution in [1.29, 1.82) is 0 Å². The van der Waals surface area contributed by atoms with Crippen molar-refractivity contribution in [2.45, 2.75) is 19.4 Å². The van der Waals surface area contributed by atoms with Gasteiger partial charge in [-0.15, -0.1) is 0 Å². The Morgan fingerprint density at radius 2 is 2.20 bits per heavy atom. The van der Waals surface area contributed by atoms with Crippen molar-refractivity contribution >= 4 is 27.5 Å². The van der Waals surface area contributed by atoms with Crippen molar-refractivity contribution in [3.63, 3.8) is 0 Å². The van der Waals surface area contributed by atoms with Crippen LogP contribution < -0.4 is 0 Å². The van der Waals surface area contributed by atoms with Gasteiger partial charge in [0.15, 0.2) is 0 Å². The van der Waals surface area contributed by atoms with E-state index in [0.717, 1.165) is 22.5 Å². The minimum Gasteiger partial charge on any atom is -0.376 e. The Kier molecular flexibility index (Phi) is 3.70. The quantitative estimate of drug-likeness (QED) is 0.744. The summed E-state index contributed by atoms with van der Waals surface area (Å²) < 4.78 is 5.70. The van der Waals surface area contributed by atoms with Crippen LogP contribution in [0.1, 0.15) is 18.4 Å². The highest BCUT2D eigenvalue weighted by atomic mass is 79.9. The lowest BCUT2D eigenvalue weighted by Crippen LogP contribution is -2.11. The third-order valence-electron chi connectivity index (χ3n) is 2.81. The second kappa shape index (κ2) is 4.86. The van der Waals surface area contributed by atoms with Crippen LogP contribution in [0.3, 0.4) is 0 Å². The fraction of sp³-hybridized carbons (Fsp3) is 0.500. The van der Waals surface area contributed by atoms with Gasteiger partial charge in [-0.3, -0.25) is 0 Å². The van der Waals surface area contributed by atoms with Crippen LogP contribution in [0.15, 0.2) is 24.3 Å². The van der Waals surface area contributed by atoms with E-state index in [0.29, 0.717) is 12.0 Å². The molecule has 0 radical (unpaired) electrons. The third kappa shape index (κ3) is 3.20. The summed E-state index contributed by atoms with van der Waals surface area (Å²) in [6, 6.07) is 7.83. The van der Waals surface area contributed by atoms with Crippen LogP contribution in [0, 0.1) is 5.41 Å². The summed E-state index contributed by atoms with van der Waals surface area (Å²) in [5.74, 6) is 0. The third-order valence-corrected chi connectivity index (χ3v) is 4.23. The van der Waals surface area contributed by atoms with Crippen molar-refractivity contribution in [2.75, 3.05) is 11.9 Å². The van der Waals surface area contributed by atoms with Crippen LogP contribution in [0.5, 0.6) is 0 Å². The maximum Gasteiger partial charge on any atom is 0.0717 e. The molecule has 0 heterocycles. The molecule has 0 N–H and O–H groups in total. The summed E-state index contributed by atoms with van der Waals surface area (Å²) in [5, 5.41) is 1.83. The van der Waals surface area contributed by atoms with Crippen molar-refractivity contribution in [2.24, 2.45) is 5.41 Å². The van der Waals surface area contributed by atoms with E-state index in [1.54, 1.807) is 0 Å². The molecule has 1 aliphatic rings. The van der Waals surface area contributed by atoms with Crippen LogP contribution in [0.25, 0.3) is 0 Å². The van der Waals surface area contributed by atoms with E-state index >= 15 is 0 Å². The molecule has 1 aliphatic carbocycles. The number of benzene rings is 1. The van der Waals surface area contributed by atoms with Gasteiger partial charge in [-0.2, -0.15) is 0 Å². The highest BCUT2D eigenvalue weighted by molar-refractivity contribution is 9.09. The van der Waals surface area contributed by atoms with Gasteiger partial charge in [-0.05, 0) is 30.5 Å². The van der Waals surface area contributed by atoms with Gasteiger partial charge in [-0.25, -0.2) is 0 Å². The molecule has 3 heteroatoms. The second-order valence-corrected chi connectivity index (χ2v) is 5.25. The number of rotatable bonds is 5. The summed E-state index contributed by atoms with van der Waals surface area (Å²) in [7, 11) is 0. The Hall–Kier alpha value is -0.0500. The fourth-order valence-electron chi connectivity index (χ4n) is 1.51.